The molecule has 1 saturated heterocycles. The van der Waals surface area contributed by atoms with Crippen molar-refractivity contribution in [3.63, 3.8) is 0 Å². The third kappa shape index (κ3) is 5.06. The minimum atomic E-state index is 0.108. The van der Waals surface area contributed by atoms with Crippen LogP contribution in [0.5, 0.6) is 5.75 Å². The Bertz CT molecular complexity index is 1850. The highest BCUT2D eigenvalue weighted by atomic mass is 32.1. The normalized spacial score (nSPS) is 14.1. The van der Waals surface area contributed by atoms with Gasteiger partial charge < -0.3 is 14.0 Å². The van der Waals surface area contributed by atoms with Crippen molar-refractivity contribution in [1.29, 1.82) is 0 Å². The van der Waals surface area contributed by atoms with Gasteiger partial charge >= 0.3 is 0 Å². The smallest absolute Gasteiger partial charge is 0.253 e. The van der Waals surface area contributed by atoms with Gasteiger partial charge in [-0.2, -0.15) is 0 Å². The Hall–Kier alpha value is -4.46. The van der Waals surface area contributed by atoms with Crippen LogP contribution >= 0.6 is 11.3 Å². The zero-order valence-electron chi connectivity index (χ0n) is 23.8. The number of nitrogens with zero attached hydrogens (tertiary/aromatic N) is 4. The number of fused-ring (bicyclic) bond motifs is 2. The lowest BCUT2D eigenvalue weighted by Gasteiger charge is -2.34. The first kappa shape index (κ1) is 26.4. The molecule has 0 N–H and O–H groups in total. The highest BCUT2D eigenvalue weighted by Crippen LogP contribution is 2.35. The summed E-state index contributed by atoms with van der Waals surface area (Å²) in [4.78, 5) is 23.9. The summed E-state index contributed by atoms with van der Waals surface area (Å²) in [5.41, 5.74) is 7.21. The number of aryl methyl sites for hydroxylation is 1. The molecule has 3 aromatic heterocycles. The summed E-state index contributed by atoms with van der Waals surface area (Å²) < 4.78 is 8.95. The Morgan fingerprint density at radius 2 is 1.62 bits per heavy atom. The van der Waals surface area contributed by atoms with Crippen molar-refractivity contribution >= 4 is 33.0 Å². The van der Waals surface area contributed by atoms with Crippen molar-refractivity contribution in [2.45, 2.75) is 13.5 Å². The van der Waals surface area contributed by atoms with E-state index in [1.807, 2.05) is 59.6 Å². The van der Waals surface area contributed by atoms with Crippen molar-refractivity contribution in [3.05, 3.63) is 114 Å². The highest BCUT2D eigenvalue weighted by Gasteiger charge is 2.25. The number of aromatic nitrogens is 2. The van der Waals surface area contributed by atoms with Gasteiger partial charge in [-0.3, -0.25) is 9.69 Å². The third-order valence-corrected chi connectivity index (χ3v) is 9.29. The first-order valence-electron chi connectivity index (χ1n) is 14.3. The molecule has 4 heterocycles. The van der Waals surface area contributed by atoms with Crippen LogP contribution in [0.2, 0.25) is 0 Å². The number of thiophene rings is 1. The van der Waals surface area contributed by atoms with E-state index in [-0.39, 0.29) is 5.91 Å². The molecular weight excluding hydrogens is 540 g/mol. The van der Waals surface area contributed by atoms with E-state index < -0.39 is 0 Å². The van der Waals surface area contributed by atoms with Crippen LogP contribution in [-0.2, 0) is 6.54 Å². The van der Waals surface area contributed by atoms with Gasteiger partial charge in [0.25, 0.3) is 5.91 Å². The molecule has 210 valence electrons. The summed E-state index contributed by atoms with van der Waals surface area (Å²) in [7, 11) is 1.68. The Morgan fingerprint density at radius 3 is 2.36 bits per heavy atom. The molecule has 0 spiro atoms. The number of hydrogen-bond donors (Lipinski definition) is 0. The Kier molecular flexibility index (Phi) is 6.98. The number of amides is 1. The summed E-state index contributed by atoms with van der Waals surface area (Å²) in [5, 5.41) is 1.26. The van der Waals surface area contributed by atoms with Crippen molar-refractivity contribution in [2.75, 3.05) is 33.3 Å². The molecule has 7 rings (SSSR count). The number of piperazine rings is 1. The molecule has 0 atom stereocenters. The van der Waals surface area contributed by atoms with E-state index in [4.69, 9.17) is 9.72 Å². The van der Waals surface area contributed by atoms with Gasteiger partial charge in [-0.1, -0.05) is 35.9 Å². The molecule has 1 amide bonds. The fourth-order valence-electron chi connectivity index (χ4n) is 5.69. The summed E-state index contributed by atoms with van der Waals surface area (Å²) in [6.07, 6.45) is 2.23. The average molecular weight is 573 g/mol. The van der Waals surface area contributed by atoms with Gasteiger partial charge in [-0.05, 0) is 73.0 Å². The maximum atomic E-state index is 13.1. The van der Waals surface area contributed by atoms with Gasteiger partial charge in [0.05, 0.1) is 18.5 Å². The molecule has 3 aromatic carbocycles. The number of carbonyl (C=O) groups excluding carboxylic acids is 1. The molecule has 0 aliphatic carbocycles. The van der Waals surface area contributed by atoms with E-state index in [0.29, 0.717) is 13.1 Å². The molecule has 7 heteroatoms. The minimum absolute atomic E-state index is 0.108. The first-order valence-corrected chi connectivity index (χ1v) is 15.1. The summed E-state index contributed by atoms with van der Waals surface area (Å²) in [6.45, 7) is 5.80. The van der Waals surface area contributed by atoms with Crippen molar-refractivity contribution in [2.24, 2.45) is 0 Å². The first-order chi connectivity index (χ1) is 20.6. The van der Waals surface area contributed by atoms with Crippen LogP contribution in [0.4, 0.5) is 0 Å². The van der Waals surface area contributed by atoms with Crippen LogP contribution in [-0.4, -0.2) is 58.4 Å². The number of imidazole rings is 1. The molecule has 42 heavy (non-hydrogen) atoms. The Morgan fingerprint density at radius 1 is 0.881 bits per heavy atom. The maximum Gasteiger partial charge on any atom is 0.253 e. The molecule has 1 fully saturated rings. The molecule has 0 unspecified atom stereocenters. The minimum Gasteiger partial charge on any atom is -0.497 e. The number of hydrogen-bond acceptors (Lipinski definition) is 5. The summed E-state index contributed by atoms with van der Waals surface area (Å²) in [6, 6.07) is 31.1. The molecule has 0 radical (unpaired) electrons. The summed E-state index contributed by atoms with van der Waals surface area (Å²) in [5.74, 6) is 0.932. The number of benzene rings is 3. The highest BCUT2D eigenvalue weighted by molar-refractivity contribution is 7.22. The van der Waals surface area contributed by atoms with Crippen molar-refractivity contribution in [1.82, 2.24) is 19.2 Å². The van der Waals surface area contributed by atoms with Crippen LogP contribution < -0.4 is 4.74 Å². The van der Waals surface area contributed by atoms with Gasteiger partial charge in [-0.25, -0.2) is 4.98 Å². The lowest BCUT2D eigenvalue weighted by Crippen LogP contribution is -2.48. The molecule has 6 aromatic rings. The Balaban J connectivity index is 1.20. The van der Waals surface area contributed by atoms with E-state index in [9.17, 15) is 4.79 Å². The average Bonchev–Trinajstić information content (AvgIpc) is 3.63. The number of pyridine rings is 1. The van der Waals surface area contributed by atoms with E-state index in [2.05, 4.69) is 70.1 Å². The van der Waals surface area contributed by atoms with Crippen LogP contribution in [0, 0.1) is 6.92 Å². The van der Waals surface area contributed by atoms with Gasteiger partial charge in [0.2, 0.25) is 0 Å². The number of methoxy groups -OCH3 is 1. The molecular formula is C35H32N4O2S. The lowest BCUT2D eigenvalue weighted by molar-refractivity contribution is 0.0627. The molecule has 0 saturated carbocycles. The zero-order valence-corrected chi connectivity index (χ0v) is 24.6. The van der Waals surface area contributed by atoms with E-state index in [0.717, 1.165) is 59.1 Å². The maximum absolute atomic E-state index is 13.1. The fourth-order valence-corrected chi connectivity index (χ4v) is 6.75. The van der Waals surface area contributed by atoms with E-state index >= 15 is 0 Å². The molecule has 0 bridgehead atoms. The second-order valence-electron chi connectivity index (χ2n) is 10.9. The predicted molar refractivity (Wildman–Crippen MR) is 170 cm³/mol. The van der Waals surface area contributed by atoms with Gasteiger partial charge in [0, 0.05) is 65.2 Å². The third-order valence-electron chi connectivity index (χ3n) is 8.12. The fraction of sp³-hybridized carbons (Fsp3) is 0.200. The second kappa shape index (κ2) is 11.1. The molecule has 1 aliphatic rings. The summed E-state index contributed by atoms with van der Waals surface area (Å²) >= 11 is 1.81. The number of rotatable bonds is 6. The van der Waals surface area contributed by atoms with E-state index in [1.165, 1.54) is 20.5 Å². The lowest BCUT2D eigenvalue weighted by atomic mass is 10.1. The van der Waals surface area contributed by atoms with Crippen molar-refractivity contribution in [3.8, 4) is 27.4 Å². The van der Waals surface area contributed by atoms with Crippen LogP contribution in [0.15, 0.2) is 97.2 Å². The van der Waals surface area contributed by atoms with Gasteiger partial charge in [-0.15, -0.1) is 11.3 Å². The van der Waals surface area contributed by atoms with Crippen molar-refractivity contribution < 1.29 is 9.53 Å². The monoisotopic (exact) mass is 572 g/mol. The van der Waals surface area contributed by atoms with Gasteiger partial charge in [0.15, 0.2) is 0 Å². The second-order valence-corrected chi connectivity index (χ2v) is 11.9. The topological polar surface area (TPSA) is 50.1 Å². The predicted octanol–water partition coefficient (Wildman–Crippen LogP) is 7.16. The SMILES string of the molecule is COc1ccc(-c2nc3ccc(-c4cc5ccccc5s4)cn3c2CN2CCN(C(=O)c3ccc(C)cc3)CC2)cc1. The zero-order chi connectivity index (χ0) is 28.6. The van der Waals surface area contributed by atoms with Crippen LogP contribution in [0.3, 0.4) is 0 Å². The van der Waals surface area contributed by atoms with Crippen LogP contribution in [0.1, 0.15) is 21.6 Å². The number of ether oxygens (including phenoxy) is 1. The largest absolute Gasteiger partial charge is 0.497 e. The Labute approximate surface area is 249 Å². The quantitative estimate of drug-likeness (QED) is 0.213. The van der Waals surface area contributed by atoms with Crippen LogP contribution in [0.25, 0.3) is 37.4 Å². The van der Waals surface area contributed by atoms with E-state index in [1.54, 1.807) is 7.11 Å². The molecule has 1 aliphatic heterocycles. The molecule has 6 nitrogen and oxygen atoms in total. The van der Waals surface area contributed by atoms with Gasteiger partial charge in [0.1, 0.15) is 11.4 Å². The number of carbonyl (C=O) groups is 1. The standard InChI is InChI=1S/C35H32N4O2S/c1-24-7-9-26(10-8-24)35(40)38-19-17-37(18-20-38)23-30-34(25-11-14-29(41-2)15-12-25)36-33-16-13-28(22-39(30)33)32-21-27-5-3-4-6-31(27)42-32/h3-16,21-22H,17-20,23H2,1-2H3.